The molecule has 0 aliphatic heterocycles. The first-order valence-electron chi connectivity index (χ1n) is 5.57. The van der Waals surface area contributed by atoms with Crippen LogP contribution in [0.1, 0.15) is 12.0 Å². The summed E-state index contributed by atoms with van der Waals surface area (Å²) in [5, 5.41) is 20.1. The van der Waals surface area contributed by atoms with Crippen molar-refractivity contribution < 1.29 is 0 Å². The molecule has 5 nitrogen and oxygen atoms in total. The van der Waals surface area contributed by atoms with E-state index in [9.17, 15) is 0 Å². The summed E-state index contributed by atoms with van der Waals surface area (Å²) in [6, 6.07) is 7.26. The van der Waals surface area contributed by atoms with Gasteiger partial charge >= 0.3 is 0 Å². The third-order valence-electron chi connectivity index (χ3n) is 2.45. The maximum absolute atomic E-state index is 8.73. The largest absolute Gasteiger partial charge is 0.384 e. The van der Waals surface area contributed by atoms with Crippen LogP contribution in [0.4, 0.5) is 5.69 Å². The number of hydrogen-bond donors (Lipinski definition) is 1. The van der Waals surface area contributed by atoms with E-state index in [0.717, 1.165) is 25.2 Å². The lowest BCUT2D eigenvalue weighted by atomic mass is 10.2. The van der Waals surface area contributed by atoms with E-state index in [1.54, 1.807) is 23.0 Å². The number of anilines is 1. The van der Waals surface area contributed by atoms with Gasteiger partial charge in [-0.3, -0.25) is 4.68 Å². The van der Waals surface area contributed by atoms with E-state index in [0.29, 0.717) is 10.6 Å². The van der Waals surface area contributed by atoms with E-state index in [-0.39, 0.29) is 0 Å². The first-order chi connectivity index (χ1) is 8.79. The summed E-state index contributed by atoms with van der Waals surface area (Å²) in [7, 11) is 0. The average molecular weight is 262 g/mol. The normalized spacial score (nSPS) is 10.0. The maximum Gasteiger partial charge on any atom is 0.0992 e. The molecule has 2 aromatic rings. The van der Waals surface area contributed by atoms with Gasteiger partial charge in [-0.05, 0) is 24.6 Å². The molecule has 0 spiro atoms. The van der Waals surface area contributed by atoms with Crippen molar-refractivity contribution in [3.05, 3.63) is 41.2 Å². The van der Waals surface area contributed by atoms with Crippen molar-refractivity contribution in [3.63, 3.8) is 0 Å². The number of benzene rings is 1. The minimum absolute atomic E-state index is 0.563. The van der Waals surface area contributed by atoms with Gasteiger partial charge < -0.3 is 5.32 Å². The van der Waals surface area contributed by atoms with Gasteiger partial charge in [-0.25, -0.2) is 0 Å². The fourth-order valence-electron chi connectivity index (χ4n) is 1.54. The van der Waals surface area contributed by atoms with E-state index in [1.807, 2.05) is 12.3 Å². The summed E-state index contributed by atoms with van der Waals surface area (Å²) >= 11 is 6.05. The fraction of sp³-hybridized carbons (Fsp3) is 0.250. The zero-order valence-corrected chi connectivity index (χ0v) is 10.4. The van der Waals surface area contributed by atoms with Crippen LogP contribution in [0.2, 0.25) is 5.02 Å². The molecule has 1 aromatic heterocycles. The zero-order chi connectivity index (χ0) is 12.8. The molecule has 0 aliphatic rings. The molecule has 1 N–H and O–H groups in total. The Morgan fingerprint density at radius 2 is 2.33 bits per heavy atom. The van der Waals surface area contributed by atoms with Crippen molar-refractivity contribution in [2.24, 2.45) is 0 Å². The van der Waals surface area contributed by atoms with Crippen LogP contribution in [-0.4, -0.2) is 21.5 Å². The Bertz CT molecular complexity index is 544. The van der Waals surface area contributed by atoms with Crippen molar-refractivity contribution in [1.82, 2.24) is 15.0 Å². The molecular formula is C12H12ClN5. The van der Waals surface area contributed by atoms with Gasteiger partial charge in [0, 0.05) is 19.3 Å². The van der Waals surface area contributed by atoms with Crippen LogP contribution < -0.4 is 5.32 Å². The van der Waals surface area contributed by atoms with Crippen LogP contribution in [0.25, 0.3) is 0 Å². The third kappa shape index (κ3) is 3.22. The molecule has 0 unspecified atom stereocenters. The predicted molar refractivity (Wildman–Crippen MR) is 69.3 cm³/mol. The molecule has 18 heavy (non-hydrogen) atoms. The van der Waals surface area contributed by atoms with Crippen molar-refractivity contribution in [1.29, 1.82) is 5.26 Å². The predicted octanol–water partition coefficient (Wildman–Crippen LogP) is 2.31. The van der Waals surface area contributed by atoms with Crippen molar-refractivity contribution in [2.75, 3.05) is 11.9 Å². The topological polar surface area (TPSA) is 66.5 Å². The molecule has 2 rings (SSSR count). The summed E-state index contributed by atoms with van der Waals surface area (Å²) in [6.07, 6.45) is 4.40. The highest BCUT2D eigenvalue weighted by molar-refractivity contribution is 6.33. The van der Waals surface area contributed by atoms with Gasteiger partial charge in [0.25, 0.3) is 0 Å². The lowest BCUT2D eigenvalue weighted by molar-refractivity contribution is 0.570. The van der Waals surface area contributed by atoms with Crippen LogP contribution >= 0.6 is 11.6 Å². The highest BCUT2D eigenvalue weighted by Crippen LogP contribution is 2.22. The quantitative estimate of drug-likeness (QED) is 0.839. The monoisotopic (exact) mass is 261 g/mol. The molecule has 6 heteroatoms. The molecule has 0 fully saturated rings. The number of hydrogen-bond acceptors (Lipinski definition) is 4. The van der Waals surface area contributed by atoms with Crippen LogP contribution in [0, 0.1) is 11.3 Å². The maximum atomic E-state index is 8.73. The van der Waals surface area contributed by atoms with Gasteiger partial charge in [0.1, 0.15) is 0 Å². The molecule has 0 aliphatic carbocycles. The third-order valence-corrected chi connectivity index (χ3v) is 2.76. The van der Waals surface area contributed by atoms with Gasteiger partial charge in [0.2, 0.25) is 0 Å². The minimum Gasteiger partial charge on any atom is -0.384 e. The van der Waals surface area contributed by atoms with Crippen molar-refractivity contribution in [3.8, 4) is 6.07 Å². The molecule has 1 heterocycles. The number of aromatic nitrogens is 3. The summed E-state index contributed by atoms with van der Waals surface area (Å²) in [4.78, 5) is 0. The Balaban J connectivity index is 1.82. The second-order valence-electron chi connectivity index (χ2n) is 3.75. The van der Waals surface area contributed by atoms with E-state index in [1.165, 1.54) is 0 Å². The fourth-order valence-corrected chi connectivity index (χ4v) is 1.79. The first-order valence-corrected chi connectivity index (χ1v) is 5.95. The van der Waals surface area contributed by atoms with Crippen molar-refractivity contribution >= 4 is 17.3 Å². The Labute approximate surface area is 110 Å². The number of nitrogens with zero attached hydrogens (tertiary/aromatic N) is 4. The highest BCUT2D eigenvalue weighted by atomic mass is 35.5. The summed E-state index contributed by atoms with van der Waals surface area (Å²) in [5.74, 6) is 0. The van der Waals surface area contributed by atoms with Crippen molar-refractivity contribution in [2.45, 2.75) is 13.0 Å². The number of nitriles is 1. The summed E-state index contributed by atoms with van der Waals surface area (Å²) in [6.45, 7) is 1.59. The van der Waals surface area contributed by atoms with Gasteiger partial charge in [-0.15, -0.1) is 5.10 Å². The molecule has 0 amide bonds. The molecular weight excluding hydrogens is 250 g/mol. The Kier molecular flexibility index (Phi) is 4.15. The molecule has 0 bridgehead atoms. The van der Waals surface area contributed by atoms with Crippen LogP contribution in [0.15, 0.2) is 30.6 Å². The highest BCUT2D eigenvalue weighted by Gasteiger charge is 2.01. The molecule has 1 aromatic carbocycles. The number of aryl methyl sites for hydroxylation is 1. The molecule has 92 valence electrons. The second kappa shape index (κ2) is 6.03. The number of rotatable bonds is 5. The standard InChI is InChI=1S/C12H12ClN5/c13-11-8-10(9-14)2-3-12(11)15-4-1-6-18-7-5-16-17-18/h2-3,5,7-8,15H,1,4,6H2. The lowest BCUT2D eigenvalue weighted by Crippen LogP contribution is -2.07. The van der Waals surface area contributed by atoms with Gasteiger partial charge in [-0.2, -0.15) is 5.26 Å². The average Bonchev–Trinajstić information content (AvgIpc) is 2.89. The van der Waals surface area contributed by atoms with Gasteiger partial charge in [0.05, 0.1) is 28.5 Å². The first kappa shape index (κ1) is 12.4. The number of halogens is 1. The summed E-state index contributed by atoms with van der Waals surface area (Å²) < 4.78 is 1.78. The SMILES string of the molecule is N#Cc1ccc(NCCCn2ccnn2)c(Cl)c1. The smallest absolute Gasteiger partial charge is 0.0992 e. The molecule has 0 saturated heterocycles. The van der Waals surface area contributed by atoms with Gasteiger partial charge in [-0.1, -0.05) is 16.8 Å². The zero-order valence-electron chi connectivity index (χ0n) is 9.67. The lowest BCUT2D eigenvalue weighted by Gasteiger charge is -2.08. The Hall–Kier alpha value is -2.06. The second-order valence-corrected chi connectivity index (χ2v) is 4.16. The van der Waals surface area contributed by atoms with Crippen LogP contribution in [0.5, 0.6) is 0 Å². The summed E-state index contributed by atoms with van der Waals surface area (Å²) in [5.41, 5.74) is 1.41. The minimum atomic E-state index is 0.563. The molecule has 0 atom stereocenters. The number of nitrogens with one attached hydrogen (secondary N) is 1. The molecule has 0 radical (unpaired) electrons. The molecule has 0 saturated carbocycles. The van der Waals surface area contributed by atoms with E-state index in [4.69, 9.17) is 16.9 Å². The van der Waals surface area contributed by atoms with E-state index in [2.05, 4.69) is 21.7 Å². The Morgan fingerprint density at radius 1 is 1.44 bits per heavy atom. The van der Waals surface area contributed by atoms with E-state index < -0.39 is 0 Å². The van der Waals surface area contributed by atoms with E-state index >= 15 is 0 Å². The Morgan fingerprint density at radius 3 is 3.00 bits per heavy atom. The van der Waals surface area contributed by atoms with Gasteiger partial charge in [0.15, 0.2) is 0 Å². The van der Waals surface area contributed by atoms with Crippen LogP contribution in [0.3, 0.4) is 0 Å². The van der Waals surface area contributed by atoms with Crippen LogP contribution in [-0.2, 0) is 6.54 Å².